The molecule has 0 amide bonds. The van der Waals surface area contributed by atoms with Crippen LogP contribution >= 0.6 is 22.7 Å². The van der Waals surface area contributed by atoms with E-state index in [2.05, 4.69) is 37.1 Å². The van der Waals surface area contributed by atoms with Crippen molar-refractivity contribution in [1.82, 2.24) is 9.97 Å². The van der Waals surface area contributed by atoms with E-state index in [0.717, 1.165) is 35.6 Å². The van der Waals surface area contributed by atoms with Crippen molar-refractivity contribution in [2.75, 3.05) is 11.9 Å². The Balaban J connectivity index is 0.000000921. The molecule has 3 N–H and O–H groups in total. The van der Waals surface area contributed by atoms with Gasteiger partial charge < -0.3 is 11.1 Å². The molecule has 1 unspecified atom stereocenters. The summed E-state index contributed by atoms with van der Waals surface area (Å²) in [5.74, 6) is 0.451. The van der Waals surface area contributed by atoms with Crippen LogP contribution in [0.4, 0.5) is 5.69 Å². The summed E-state index contributed by atoms with van der Waals surface area (Å²) in [6.45, 7) is 16.0. The molecule has 0 aromatic carbocycles. The van der Waals surface area contributed by atoms with Gasteiger partial charge in [-0.2, -0.15) is 0 Å². The minimum absolute atomic E-state index is 0.451. The van der Waals surface area contributed by atoms with Crippen LogP contribution in [-0.4, -0.2) is 16.5 Å². The average Bonchev–Trinajstić information content (AvgIpc) is 3.37. The number of thiazole rings is 1. The lowest BCUT2D eigenvalue weighted by atomic mass is 10.0. The van der Waals surface area contributed by atoms with Gasteiger partial charge in [-0.1, -0.05) is 41.5 Å². The largest absolute Gasteiger partial charge is 0.377 e. The number of nitrogens with two attached hydrogens (primary N) is 1. The number of thiophene rings is 1. The zero-order valence-electron chi connectivity index (χ0n) is 18.4. The van der Waals surface area contributed by atoms with Crippen molar-refractivity contribution < 1.29 is 0 Å². The van der Waals surface area contributed by atoms with E-state index in [1.54, 1.807) is 11.3 Å². The second-order valence-electron chi connectivity index (χ2n) is 6.05. The lowest BCUT2D eigenvalue weighted by Gasteiger charge is -2.12. The first kappa shape index (κ1) is 24.5. The van der Waals surface area contributed by atoms with Crippen LogP contribution in [0.2, 0.25) is 0 Å². The summed E-state index contributed by atoms with van der Waals surface area (Å²) in [5, 5.41) is 6.69. The van der Waals surface area contributed by atoms with Gasteiger partial charge in [0, 0.05) is 22.1 Å². The standard InChI is InChI=1S/C18H24N4S2.2C2H6/c1-4-11(2)13-9-14(21-10-16-20-7-8-23-16)18-17(22-13)12(3)15(24-18)5-6-19;2*1-2/h7-9,11H,4-6,10,19H2,1-3H3,(H,21,22);2*1-2H3. The Morgan fingerprint density at radius 3 is 2.50 bits per heavy atom. The van der Waals surface area contributed by atoms with Gasteiger partial charge in [0.05, 0.1) is 22.4 Å². The maximum Gasteiger partial charge on any atom is 0.112 e. The third-order valence-electron chi connectivity index (χ3n) is 4.39. The maximum absolute atomic E-state index is 5.78. The Hall–Kier alpha value is -1.50. The molecule has 0 aliphatic heterocycles. The van der Waals surface area contributed by atoms with Gasteiger partial charge >= 0.3 is 0 Å². The molecule has 3 aromatic heterocycles. The van der Waals surface area contributed by atoms with E-state index in [0.29, 0.717) is 12.5 Å². The number of nitrogens with one attached hydrogen (secondary N) is 1. The number of aromatic nitrogens is 2. The number of hydrogen-bond donors (Lipinski definition) is 2. The second kappa shape index (κ2) is 12.9. The van der Waals surface area contributed by atoms with Crippen LogP contribution in [0.5, 0.6) is 0 Å². The van der Waals surface area contributed by atoms with E-state index < -0.39 is 0 Å². The molecule has 0 spiro atoms. The number of pyridine rings is 1. The molecule has 1 atom stereocenters. The van der Waals surface area contributed by atoms with Crippen molar-refractivity contribution >= 4 is 38.6 Å². The van der Waals surface area contributed by atoms with Crippen molar-refractivity contribution in [3.63, 3.8) is 0 Å². The average molecular weight is 421 g/mol. The smallest absolute Gasteiger partial charge is 0.112 e. The number of nitrogens with zero attached hydrogens (tertiary/aromatic N) is 2. The highest BCUT2D eigenvalue weighted by Crippen LogP contribution is 2.37. The topological polar surface area (TPSA) is 63.8 Å². The van der Waals surface area contributed by atoms with Crippen LogP contribution in [0.15, 0.2) is 17.6 Å². The summed E-state index contributed by atoms with van der Waals surface area (Å²) < 4.78 is 1.24. The molecule has 3 heterocycles. The van der Waals surface area contributed by atoms with E-state index in [1.807, 2.05) is 50.6 Å². The van der Waals surface area contributed by atoms with Crippen molar-refractivity contribution in [3.8, 4) is 0 Å². The van der Waals surface area contributed by atoms with Gasteiger partial charge in [-0.3, -0.25) is 4.98 Å². The number of rotatable bonds is 7. The van der Waals surface area contributed by atoms with Gasteiger partial charge in [0.25, 0.3) is 0 Å². The lowest BCUT2D eigenvalue weighted by Crippen LogP contribution is -2.03. The predicted molar refractivity (Wildman–Crippen MR) is 128 cm³/mol. The zero-order valence-corrected chi connectivity index (χ0v) is 20.1. The number of anilines is 1. The molecule has 4 nitrogen and oxygen atoms in total. The summed E-state index contributed by atoms with van der Waals surface area (Å²) in [6.07, 6.45) is 3.85. The Morgan fingerprint density at radius 2 is 1.93 bits per heavy atom. The highest BCUT2D eigenvalue weighted by molar-refractivity contribution is 7.19. The fourth-order valence-electron chi connectivity index (χ4n) is 2.72. The predicted octanol–water partition coefficient (Wildman–Crippen LogP) is 6.74. The molecule has 3 rings (SSSR count). The van der Waals surface area contributed by atoms with Gasteiger partial charge in [-0.05, 0) is 43.9 Å². The van der Waals surface area contributed by atoms with Crippen LogP contribution < -0.4 is 11.1 Å². The first-order valence-corrected chi connectivity index (χ1v) is 12.1. The summed E-state index contributed by atoms with van der Waals surface area (Å²) >= 11 is 3.49. The van der Waals surface area contributed by atoms with Gasteiger partial charge in [-0.25, -0.2) is 4.98 Å². The Labute approximate surface area is 178 Å². The van der Waals surface area contributed by atoms with Crippen LogP contribution in [0, 0.1) is 6.92 Å². The Morgan fingerprint density at radius 1 is 1.21 bits per heavy atom. The number of hydrogen-bond acceptors (Lipinski definition) is 6. The summed E-state index contributed by atoms with van der Waals surface area (Å²) in [5.41, 5.74) is 10.5. The molecular weight excluding hydrogens is 384 g/mol. The molecule has 0 saturated carbocycles. The third kappa shape index (κ3) is 6.00. The first-order chi connectivity index (χ1) is 13.6. The SMILES string of the molecule is CC.CC.CCC(C)c1cc(NCc2nccs2)c2sc(CCN)c(C)c2n1. The molecule has 6 heteroatoms. The number of aryl methyl sites for hydroxylation is 1. The number of fused-ring (bicyclic) bond motifs is 1. The molecule has 0 aliphatic carbocycles. The molecule has 0 bridgehead atoms. The molecule has 28 heavy (non-hydrogen) atoms. The van der Waals surface area contributed by atoms with Gasteiger partial charge in [0.1, 0.15) is 5.01 Å². The molecule has 156 valence electrons. The summed E-state index contributed by atoms with van der Waals surface area (Å²) in [6, 6.07) is 2.21. The van der Waals surface area contributed by atoms with Crippen LogP contribution in [0.1, 0.15) is 75.0 Å². The fourth-order valence-corrected chi connectivity index (χ4v) is 4.52. The van der Waals surface area contributed by atoms with Crippen molar-refractivity contribution in [3.05, 3.63) is 38.8 Å². The minimum atomic E-state index is 0.451. The monoisotopic (exact) mass is 420 g/mol. The normalized spacial score (nSPS) is 11.3. The second-order valence-corrected chi connectivity index (χ2v) is 8.13. The van der Waals surface area contributed by atoms with Crippen molar-refractivity contribution in [1.29, 1.82) is 0 Å². The summed E-state index contributed by atoms with van der Waals surface area (Å²) in [4.78, 5) is 10.7. The van der Waals surface area contributed by atoms with E-state index in [9.17, 15) is 0 Å². The molecule has 0 aliphatic rings. The molecule has 0 fully saturated rings. The summed E-state index contributed by atoms with van der Waals surface area (Å²) in [7, 11) is 0. The Kier molecular flexibility index (Phi) is 11.3. The lowest BCUT2D eigenvalue weighted by molar-refractivity contribution is 0.712. The Bertz CT molecular complexity index is 810. The van der Waals surface area contributed by atoms with Gasteiger partial charge in [-0.15, -0.1) is 22.7 Å². The van der Waals surface area contributed by atoms with Gasteiger partial charge in [0.2, 0.25) is 0 Å². The molecule has 3 aromatic rings. The van der Waals surface area contributed by atoms with Crippen LogP contribution in [-0.2, 0) is 13.0 Å². The van der Waals surface area contributed by atoms with Crippen molar-refractivity contribution in [2.24, 2.45) is 5.73 Å². The molecular formula is C22H36N4S2. The van der Waals surface area contributed by atoms with Crippen molar-refractivity contribution in [2.45, 2.75) is 73.8 Å². The highest BCUT2D eigenvalue weighted by Gasteiger charge is 2.16. The van der Waals surface area contributed by atoms with E-state index in [1.165, 1.54) is 20.8 Å². The molecule has 0 saturated heterocycles. The van der Waals surface area contributed by atoms with E-state index in [4.69, 9.17) is 10.7 Å². The third-order valence-corrected chi connectivity index (χ3v) is 6.55. The highest BCUT2D eigenvalue weighted by atomic mass is 32.1. The van der Waals surface area contributed by atoms with E-state index >= 15 is 0 Å². The quantitative estimate of drug-likeness (QED) is 0.444. The molecule has 0 radical (unpaired) electrons. The van der Waals surface area contributed by atoms with Crippen LogP contribution in [0.25, 0.3) is 10.2 Å². The van der Waals surface area contributed by atoms with Gasteiger partial charge in [0.15, 0.2) is 0 Å². The van der Waals surface area contributed by atoms with Crippen LogP contribution in [0.3, 0.4) is 0 Å². The van der Waals surface area contributed by atoms with E-state index in [-0.39, 0.29) is 0 Å². The zero-order chi connectivity index (χ0) is 21.1. The maximum atomic E-state index is 5.78. The fraction of sp³-hybridized carbons (Fsp3) is 0.545. The minimum Gasteiger partial charge on any atom is -0.377 e. The first-order valence-electron chi connectivity index (χ1n) is 10.4.